The molecule has 0 aliphatic carbocycles. The molecule has 2 aromatic carbocycles. The van der Waals surface area contributed by atoms with E-state index in [4.69, 9.17) is 21.1 Å². The predicted molar refractivity (Wildman–Crippen MR) is 105 cm³/mol. The van der Waals surface area contributed by atoms with Gasteiger partial charge in [-0.15, -0.1) is 0 Å². The van der Waals surface area contributed by atoms with Crippen LogP contribution in [0.25, 0.3) is 0 Å². The summed E-state index contributed by atoms with van der Waals surface area (Å²) in [6, 6.07) is 13.7. The van der Waals surface area contributed by atoms with Crippen LogP contribution in [0.5, 0.6) is 5.75 Å². The molecule has 0 fully saturated rings. The van der Waals surface area contributed by atoms with Crippen LogP contribution in [0.4, 0.5) is 5.69 Å². The van der Waals surface area contributed by atoms with Crippen LogP contribution in [0.3, 0.4) is 0 Å². The van der Waals surface area contributed by atoms with Gasteiger partial charge in [0.2, 0.25) is 0 Å². The second-order valence-electron chi connectivity index (χ2n) is 5.76. The molecule has 2 N–H and O–H groups in total. The molecule has 0 heterocycles. The molecule has 0 unspecified atom stereocenters. The van der Waals surface area contributed by atoms with Gasteiger partial charge in [0.15, 0.2) is 6.10 Å². The lowest BCUT2D eigenvalue weighted by Crippen LogP contribution is -2.34. The van der Waals surface area contributed by atoms with E-state index >= 15 is 0 Å². The van der Waals surface area contributed by atoms with Gasteiger partial charge in [-0.1, -0.05) is 36.7 Å². The van der Waals surface area contributed by atoms with Gasteiger partial charge in [-0.05, 0) is 36.8 Å². The third-order valence-electron chi connectivity index (χ3n) is 3.76. The Bertz CT molecular complexity index is 782. The molecule has 2 aromatic rings. The van der Waals surface area contributed by atoms with E-state index in [9.17, 15) is 9.59 Å². The first-order valence-electron chi connectivity index (χ1n) is 8.64. The standard InChI is InChI=1S/C20H23ClN2O4/c1-3-18(27-15-8-6-7-14(21)13-15)20(25)23-17-10-5-4-9-16(17)19(24)22-11-12-26-2/h4-10,13,18H,3,11-12H2,1-2H3,(H,22,24)(H,23,25)/t18-/m0/s1. The van der Waals surface area contributed by atoms with Crippen LogP contribution in [0, 0.1) is 0 Å². The Morgan fingerprint density at radius 3 is 2.63 bits per heavy atom. The number of hydrogen-bond acceptors (Lipinski definition) is 4. The van der Waals surface area contributed by atoms with Gasteiger partial charge in [0, 0.05) is 18.7 Å². The number of halogens is 1. The van der Waals surface area contributed by atoms with Crippen molar-refractivity contribution in [1.82, 2.24) is 5.32 Å². The Balaban J connectivity index is 2.08. The summed E-state index contributed by atoms with van der Waals surface area (Å²) in [7, 11) is 1.56. The first-order valence-corrected chi connectivity index (χ1v) is 9.02. The largest absolute Gasteiger partial charge is 0.481 e. The number of carbonyl (C=O) groups excluding carboxylic acids is 2. The third-order valence-corrected chi connectivity index (χ3v) is 3.99. The predicted octanol–water partition coefficient (Wildman–Crippen LogP) is 3.51. The van der Waals surface area contributed by atoms with Crippen LogP contribution in [-0.2, 0) is 9.53 Å². The van der Waals surface area contributed by atoms with E-state index in [-0.39, 0.29) is 11.8 Å². The Morgan fingerprint density at radius 1 is 1.15 bits per heavy atom. The van der Waals surface area contributed by atoms with Gasteiger partial charge in [-0.25, -0.2) is 0 Å². The average molecular weight is 391 g/mol. The topological polar surface area (TPSA) is 76.7 Å². The molecule has 27 heavy (non-hydrogen) atoms. The Hall–Kier alpha value is -2.57. The number of para-hydroxylation sites is 1. The fourth-order valence-electron chi connectivity index (χ4n) is 2.39. The maximum Gasteiger partial charge on any atom is 0.265 e. The smallest absolute Gasteiger partial charge is 0.265 e. The quantitative estimate of drug-likeness (QED) is 0.642. The highest BCUT2D eigenvalue weighted by Crippen LogP contribution is 2.21. The van der Waals surface area contributed by atoms with Crippen LogP contribution < -0.4 is 15.4 Å². The fraction of sp³-hybridized carbons (Fsp3) is 0.300. The number of ether oxygens (including phenoxy) is 2. The van der Waals surface area contributed by atoms with Crippen molar-refractivity contribution in [2.75, 3.05) is 25.6 Å². The SMILES string of the molecule is CC[C@H](Oc1cccc(Cl)c1)C(=O)Nc1ccccc1C(=O)NCCOC. The molecule has 0 saturated heterocycles. The molecule has 144 valence electrons. The molecule has 0 aliphatic rings. The molecule has 0 spiro atoms. The van der Waals surface area contributed by atoms with Gasteiger partial charge in [0.05, 0.1) is 17.9 Å². The van der Waals surface area contributed by atoms with Crippen molar-refractivity contribution >= 4 is 29.1 Å². The molecule has 0 bridgehead atoms. The first kappa shape index (κ1) is 20.7. The second kappa shape index (κ2) is 10.5. The number of amides is 2. The monoisotopic (exact) mass is 390 g/mol. The van der Waals surface area contributed by atoms with Gasteiger partial charge in [0.25, 0.3) is 11.8 Å². The van der Waals surface area contributed by atoms with Crippen molar-refractivity contribution in [3.05, 3.63) is 59.1 Å². The van der Waals surface area contributed by atoms with Crippen LogP contribution in [0.1, 0.15) is 23.7 Å². The van der Waals surface area contributed by atoms with Gasteiger partial charge >= 0.3 is 0 Å². The van der Waals surface area contributed by atoms with E-state index in [1.807, 2.05) is 6.92 Å². The molecule has 2 amide bonds. The summed E-state index contributed by atoms with van der Waals surface area (Å²) in [6.07, 6.45) is -0.256. The fourth-order valence-corrected chi connectivity index (χ4v) is 2.57. The highest BCUT2D eigenvalue weighted by Gasteiger charge is 2.21. The molecule has 1 atom stereocenters. The lowest BCUT2D eigenvalue weighted by Gasteiger charge is -2.18. The zero-order valence-electron chi connectivity index (χ0n) is 15.3. The second-order valence-corrected chi connectivity index (χ2v) is 6.19. The van der Waals surface area contributed by atoms with E-state index in [2.05, 4.69) is 10.6 Å². The minimum absolute atomic E-state index is 0.285. The van der Waals surface area contributed by atoms with Crippen LogP contribution in [0.15, 0.2) is 48.5 Å². The highest BCUT2D eigenvalue weighted by atomic mass is 35.5. The van der Waals surface area contributed by atoms with Gasteiger partial charge in [-0.3, -0.25) is 9.59 Å². The normalized spacial score (nSPS) is 11.5. The van der Waals surface area contributed by atoms with Crippen molar-refractivity contribution in [2.45, 2.75) is 19.4 Å². The van der Waals surface area contributed by atoms with Gasteiger partial charge in [0.1, 0.15) is 5.75 Å². The number of methoxy groups -OCH3 is 1. The lowest BCUT2D eigenvalue weighted by molar-refractivity contribution is -0.122. The van der Waals surface area contributed by atoms with Crippen molar-refractivity contribution in [1.29, 1.82) is 0 Å². The molecule has 2 rings (SSSR count). The third kappa shape index (κ3) is 6.27. The lowest BCUT2D eigenvalue weighted by atomic mass is 10.1. The van der Waals surface area contributed by atoms with E-state index < -0.39 is 6.10 Å². The van der Waals surface area contributed by atoms with E-state index in [1.165, 1.54) is 0 Å². The van der Waals surface area contributed by atoms with Gasteiger partial charge in [-0.2, -0.15) is 0 Å². The zero-order chi connectivity index (χ0) is 19.6. The summed E-state index contributed by atoms with van der Waals surface area (Å²) in [4.78, 5) is 25.0. The average Bonchev–Trinajstić information content (AvgIpc) is 2.66. The molecular weight excluding hydrogens is 368 g/mol. The van der Waals surface area contributed by atoms with Crippen molar-refractivity contribution in [2.24, 2.45) is 0 Å². The van der Waals surface area contributed by atoms with Crippen molar-refractivity contribution in [3.63, 3.8) is 0 Å². The van der Waals surface area contributed by atoms with Crippen molar-refractivity contribution < 1.29 is 19.1 Å². The highest BCUT2D eigenvalue weighted by molar-refractivity contribution is 6.30. The molecular formula is C20H23ClN2O4. The zero-order valence-corrected chi connectivity index (χ0v) is 16.1. The van der Waals surface area contributed by atoms with E-state index in [0.29, 0.717) is 41.6 Å². The van der Waals surface area contributed by atoms with Crippen LogP contribution >= 0.6 is 11.6 Å². The molecule has 7 heteroatoms. The Labute approximate surface area is 163 Å². The number of nitrogens with one attached hydrogen (secondary N) is 2. The summed E-state index contributed by atoms with van der Waals surface area (Å²) in [6.45, 7) is 2.64. The minimum Gasteiger partial charge on any atom is -0.481 e. The maximum atomic E-state index is 12.6. The summed E-state index contributed by atoms with van der Waals surface area (Å²) in [5.41, 5.74) is 0.796. The molecule has 0 aromatic heterocycles. The van der Waals surface area contributed by atoms with E-state index in [1.54, 1.807) is 55.6 Å². The number of hydrogen-bond donors (Lipinski definition) is 2. The molecule has 0 aliphatic heterocycles. The summed E-state index contributed by atoms with van der Waals surface area (Å²) in [5.74, 6) is -0.114. The molecule has 0 radical (unpaired) electrons. The number of carbonyl (C=O) groups is 2. The van der Waals surface area contributed by atoms with Gasteiger partial charge < -0.3 is 20.1 Å². The molecule has 6 nitrogen and oxygen atoms in total. The van der Waals surface area contributed by atoms with Crippen LogP contribution in [0.2, 0.25) is 5.02 Å². The maximum absolute atomic E-state index is 12.6. The summed E-state index contributed by atoms with van der Waals surface area (Å²) >= 11 is 5.95. The van der Waals surface area contributed by atoms with Crippen molar-refractivity contribution in [3.8, 4) is 5.75 Å². The van der Waals surface area contributed by atoms with Crippen LogP contribution in [-0.4, -0.2) is 38.2 Å². The summed E-state index contributed by atoms with van der Waals surface area (Å²) in [5, 5.41) is 6.05. The Kier molecular flexibility index (Phi) is 8.10. The molecule has 0 saturated carbocycles. The summed E-state index contributed by atoms with van der Waals surface area (Å²) < 4.78 is 10.7. The van der Waals surface area contributed by atoms with E-state index in [0.717, 1.165) is 0 Å². The number of benzene rings is 2. The first-order chi connectivity index (χ1) is 13.0. The number of rotatable bonds is 9. The Morgan fingerprint density at radius 2 is 1.93 bits per heavy atom. The number of anilines is 1. The minimum atomic E-state index is -0.715.